The molecule has 0 spiro atoms. The second-order valence-electron chi connectivity index (χ2n) is 8.96. The van der Waals surface area contributed by atoms with Gasteiger partial charge in [0.05, 0.1) is 11.9 Å². The number of nitrogens with one attached hydrogen (secondary N) is 2. The van der Waals surface area contributed by atoms with Gasteiger partial charge in [-0.25, -0.2) is 9.38 Å². The number of pyridine rings is 1. The Morgan fingerprint density at radius 1 is 1.16 bits per heavy atom. The Bertz CT molecular complexity index is 1710. The number of halogens is 1. The summed E-state index contributed by atoms with van der Waals surface area (Å²) in [5.41, 5.74) is 4.82. The molecule has 0 saturated heterocycles. The minimum absolute atomic E-state index is 0.232. The molecule has 5 aromatic rings. The fraction of sp³-hybridized carbons (Fsp3) is 0.143. The van der Waals surface area contributed by atoms with Gasteiger partial charge in [0.25, 0.3) is 11.9 Å². The summed E-state index contributed by atoms with van der Waals surface area (Å²) in [5, 5.41) is 12.1. The molecule has 0 radical (unpaired) electrons. The van der Waals surface area contributed by atoms with E-state index < -0.39 is 11.7 Å². The molecule has 10 heteroatoms. The number of nitrogens with zero attached hydrogens (tertiary/aromatic N) is 6. The van der Waals surface area contributed by atoms with Crippen LogP contribution in [0.3, 0.4) is 0 Å². The fourth-order valence-corrected chi connectivity index (χ4v) is 4.22. The van der Waals surface area contributed by atoms with E-state index in [0.717, 1.165) is 33.2 Å². The van der Waals surface area contributed by atoms with E-state index in [1.807, 2.05) is 36.4 Å². The van der Waals surface area contributed by atoms with Gasteiger partial charge < -0.3 is 10.6 Å². The molecule has 0 bridgehead atoms. The average Bonchev–Trinajstić information content (AvgIpc) is 3.36. The molecule has 0 unspecified atom stereocenters. The van der Waals surface area contributed by atoms with Crippen LogP contribution in [0.5, 0.6) is 0 Å². The first-order chi connectivity index (χ1) is 18.4. The zero-order valence-electron chi connectivity index (χ0n) is 20.9. The van der Waals surface area contributed by atoms with Gasteiger partial charge >= 0.3 is 0 Å². The number of rotatable bonds is 8. The van der Waals surface area contributed by atoms with Crippen LogP contribution in [0.1, 0.15) is 30.9 Å². The first-order valence-corrected chi connectivity index (χ1v) is 11.9. The molecule has 9 nitrogen and oxygen atoms in total. The Labute approximate surface area is 218 Å². The molecule has 3 heterocycles. The SMILES string of the molecule is C=Nc1nc(NCc2ccccc2-c2nccc3cc(NC(=O)C(=C)F)ccc23)n2ncc(C(C)C)c2n1. The van der Waals surface area contributed by atoms with E-state index in [1.165, 1.54) is 0 Å². The van der Waals surface area contributed by atoms with Gasteiger partial charge in [-0.1, -0.05) is 50.8 Å². The van der Waals surface area contributed by atoms with Gasteiger partial charge in [0.15, 0.2) is 11.5 Å². The molecule has 0 aliphatic carbocycles. The van der Waals surface area contributed by atoms with Crippen molar-refractivity contribution in [3.8, 4) is 11.3 Å². The van der Waals surface area contributed by atoms with E-state index in [0.29, 0.717) is 23.8 Å². The maximum atomic E-state index is 13.1. The van der Waals surface area contributed by atoms with Gasteiger partial charge in [-0.05, 0) is 41.8 Å². The van der Waals surface area contributed by atoms with E-state index in [4.69, 9.17) is 0 Å². The number of fused-ring (bicyclic) bond motifs is 2. The molecule has 1 amide bonds. The number of carbonyl (C=O) groups is 1. The third-order valence-corrected chi connectivity index (χ3v) is 6.13. The maximum Gasteiger partial charge on any atom is 0.283 e. The Morgan fingerprint density at radius 3 is 2.74 bits per heavy atom. The van der Waals surface area contributed by atoms with Crippen molar-refractivity contribution >= 4 is 46.6 Å². The second kappa shape index (κ2) is 10.2. The Morgan fingerprint density at radius 2 is 1.97 bits per heavy atom. The lowest BCUT2D eigenvalue weighted by atomic mass is 9.99. The van der Waals surface area contributed by atoms with Crippen molar-refractivity contribution in [1.29, 1.82) is 0 Å². The standard InChI is InChI=1S/C28H25FN8O/c1-16(2)23-15-33-37-25(23)35-27(30-4)36-28(37)32-14-19-7-5-6-8-21(19)24-22-10-9-20(34-26(38)17(3)29)13-18(22)11-12-31-24/h5-13,15-16H,3-4,14H2,1-2H3,(H,34,38)(H,32,35,36). The zero-order chi connectivity index (χ0) is 26.8. The van der Waals surface area contributed by atoms with Crippen molar-refractivity contribution in [2.24, 2.45) is 4.99 Å². The van der Waals surface area contributed by atoms with Gasteiger partial charge in [-0.15, -0.1) is 0 Å². The van der Waals surface area contributed by atoms with Gasteiger partial charge in [0.1, 0.15) is 0 Å². The number of benzene rings is 2. The highest BCUT2D eigenvalue weighted by Gasteiger charge is 2.16. The van der Waals surface area contributed by atoms with Crippen LogP contribution >= 0.6 is 0 Å². The van der Waals surface area contributed by atoms with Crippen LogP contribution in [0.2, 0.25) is 0 Å². The van der Waals surface area contributed by atoms with Crippen molar-refractivity contribution in [2.45, 2.75) is 26.3 Å². The third kappa shape index (κ3) is 4.71. The van der Waals surface area contributed by atoms with Crippen LogP contribution in [0.4, 0.5) is 22.0 Å². The Kier molecular flexibility index (Phi) is 6.61. The van der Waals surface area contributed by atoms with Gasteiger partial charge in [0, 0.05) is 34.9 Å². The summed E-state index contributed by atoms with van der Waals surface area (Å²) in [6, 6.07) is 15.1. The normalized spacial score (nSPS) is 11.2. The van der Waals surface area contributed by atoms with Crippen LogP contribution in [0.15, 0.2) is 78.3 Å². The number of hydrogen-bond donors (Lipinski definition) is 2. The highest BCUT2D eigenvalue weighted by molar-refractivity contribution is 6.04. The molecular weight excluding hydrogens is 483 g/mol. The first-order valence-electron chi connectivity index (χ1n) is 11.9. The number of anilines is 2. The van der Waals surface area contributed by atoms with Gasteiger partial charge in [0.2, 0.25) is 5.95 Å². The van der Waals surface area contributed by atoms with Gasteiger partial charge in [-0.3, -0.25) is 9.78 Å². The molecule has 0 saturated carbocycles. The van der Waals surface area contributed by atoms with E-state index in [9.17, 15) is 9.18 Å². The summed E-state index contributed by atoms with van der Waals surface area (Å²) < 4.78 is 14.8. The summed E-state index contributed by atoms with van der Waals surface area (Å²) in [5.74, 6) is -0.919. The number of hydrogen-bond acceptors (Lipinski definition) is 7. The molecule has 2 N–H and O–H groups in total. The topological polar surface area (TPSA) is 109 Å². The molecule has 0 aliphatic rings. The maximum absolute atomic E-state index is 13.1. The fourth-order valence-electron chi connectivity index (χ4n) is 4.22. The summed E-state index contributed by atoms with van der Waals surface area (Å²) in [4.78, 5) is 29.2. The molecule has 0 aliphatic heterocycles. The molecule has 0 fully saturated rings. The summed E-state index contributed by atoms with van der Waals surface area (Å²) >= 11 is 0. The molecular formula is C28H25FN8O. The Balaban J connectivity index is 1.50. The highest BCUT2D eigenvalue weighted by atomic mass is 19.1. The highest BCUT2D eigenvalue weighted by Crippen LogP contribution is 2.31. The smallest absolute Gasteiger partial charge is 0.283 e. The summed E-state index contributed by atoms with van der Waals surface area (Å²) in [7, 11) is 0. The molecule has 0 atom stereocenters. The largest absolute Gasteiger partial charge is 0.350 e. The predicted octanol–water partition coefficient (Wildman–Crippen LogP) is 5.83. The molecule has 190 valence electrons. The minimum Gasteiger partial charge on any atom is -0.350 e. The van der Waals surface area contributed by atoms with E-state index >= 15 is 0 Å². The molecule has 5 rings (SSSR count). The van der Waals surface area contributed by atoms with E-state index in [2.05, 4.69) is 62.8 Å². The summed E-state index contributed by atoms with van der Waals surface area (Å²) in [6.07, 6.45) is 3.50. The van der Waals surface area contributed by atoms with Crippen LogP contribution in [0.25, 0.3) is 27.7 Å². The third-order valence-electron chi connectivity index (χ3n) is 6.13. The number of amides is 1. The van der Waals surface area contributed by atoms with Gasteiger partial charge in [-0.2, -0.15) is 19.6 Å². The Hall–Kier alpha value is -4.99. The van der Waals surface area contributed by atoms with Crippen LogP contribution < -0.4 is 10.6 Å². The van der Waals surface area contributed by atoms with Crippen molar-refractivity contribution in [1.82, 2.24) is 24.6 Å². The number of carbonyl (C=O) groups excluding carboxylic acids is 1. The lowest BCUT2D eigenvalue weighted by Gasteiger charge is -2.14. The molecule has 3 aromatic heterocycles. The van der Waals surface area contributed by atoms with Crippen LogP contribution in [-0.2, 0) is 11.3 Å². The quantitative estimate of drug-likeness (QED) is 0.202. The monoisotopic (exact) mass is 508 g/mol. The molecule has 38 heavy (non-hydrogen) atoms. The van der Waals surface area contributed by atoms with E-state index in [1.54, 1.807) is 29.0 Å². The summed E-state index contributed by atoms with van der Waals surface area (Å²) in [6.45, 7) is 11.2. The number of aromatic nitrogens is 5. The zero-order valence-corrected chi connectivity index (χ0v) is 20.9. The van der Waals surface area contributed by atoms with E-state index in [-0.39, 0.29) is 11.9 Å². The van der Waals surface area contributed by atoms with Crippen molar-refractivity contribution in [3.63, 3.8) is 0 Å². The van der Waals surface area contributed by atoms with Crippen molar-refractivity contribution in [2.75, 3.05) is 10.6 Å². The molecule has 2 aromatic carbocycles. The lowest BCUT2D eigenvalue weighted by molar-refractivity contribution is -0.114. The van der Waals surface area contributed by atoms with Crippen LogP contribution in [-0.4, -0.2) is 37.2 Å². The van der Waals surface area contributed by atoms with Crippen LogP contribution in [0, 0.1) is 0 Å². The van der Waals surface area contributed by atoms with Crippen molar-refractivity contribution < 1.29 is 9.18 Å². The number of aliphatic imine (C=N–C) groups is 1. The average molecular weight is 509 g/mol. The van der Waals surface area contributed by atoms with Crippen molar-refractivity contribution in [3.05, 3.63) is 84.5 Å². The minimum atomic E-state index is -1.05. The predicted molar refractivity (Wildman–Crippen MR) is 147 cm³/mol. The second-order valence-corrected chi connectivity index (χ2v) is 8.96. The lowest BCUT2D eigenvalue weighted by Crippen LogP contribution is -2.11. The first kappa shape index (κ1) is 24.7.